The Balaban J connectivity index is 2.25. The monoisotopic (exact) mass is 254 g/mol. The van der Waals surface area contributed by atoms with Gasteiger partial charge in [0.15, 0.2) is 0 Å². The molecule has 0 aromatic carbocycles. The number of hydrogen-bond donors (Lipinski definition) is 2. The Labute approximate surface area is 105 Å². The fourth-order valence-corrected chi connectivity index (χ4v) is 1.98. The smallest absolute Gasteiger partial charge is 0.322 e. The van der Waals surface area contributed by atoms with E-state index in [1.54, 1.807) is 0 Å². The van der Waals surface area contributed by atoms with E-state index in [1.807, 2.05) is 18.7 Å². The van der Waals surface area contributed by atoms with E-state index in [2.05, 4.69) is 20.4 Å². The molecule has 2 atom stereocenters. The molecule has 1 aromatic rings. The van der Waals surface area contributed by atoms with Crippen molar-refractivity contribution in [3.8, 4) is 6.01 Å². The van der Waals surface area contributed by atoms with E-state index in [0.717, 1.165) is 13.1 Å². The maximum atomic E-state index is 5.67. The highest BCUT2D eigenvalue weighted by molar-refractivity contribution is 5.38. The first-order chi connectivity index (χ1) is 8.62. The minimum absolute atomic E-state index is 0.130. The zero-order valence-electron chi connectivity index (χ0n) is 10.8. The van der Waals surface area contributed by atoms with Gasteiger partial charge in [0.25, 0.3) is 0 Å². The minimum Gasteiger partial charge on any atom is -0.467 e. The number of nitrogen functional groups attached to an aromatic ring is 1. The Morgan fingerprint density at radius 2 is 1.94 bits per heavy atom. The summed E-state index contributed by atoms with van der Waals surface area (Å²) in [6.45, 7) is 5.48. The molecule has 2 rings (SSSR count). The van der Waals surface area contributed by atoms with E-state index < -0.39 is 0 Å². The van der Waals surface area contributed by atoms with E-state index >= 15 is 0 Å². The van der Waals surface area contributed by atoms with Crippen molar-refractivity contribution in [3.63, 3.8) is 0 Å². The van der Waals surface area contributed by atoms with Crippen molar-refractivity contribution in [2.45, 2.75) is 26.1 Å². The van der Waals surface area contributed by atoms with E-state index in [-0.39, 0.29) is 24.2 Å². The van der Waals surface area contributed by atoms with Gasteiger partial charge in [-0.25, -0.2) is 5.84 Å². The predicted octanol–water partition coefficient (Wildman–Crippen LogP) is -0.221. The molecular weight excluding hydrogens is 236 g/mol. The molecule has 18 heavy (non-hydrogen) atoms. The first-order valence-corrected chi connectivity index (χ1v) is 5.79. The second-order valence-corrected chi connectivity index (χ2v) is 4.25. The highest BCUT2D eigenvalue weighted by Crippen LogP contribution is 2.19. The average molecular weight is 254 g/mol. The number of ether oxygens (including phenoxy) is 2. The van der Waals surface area contributed by atoms with Crippen LogP contribution in [0.15, 0.2) is 0 Å². The molecule has 100 valence electrons. The maximum Gasteiger partial charge on any atom is 0.322 e. The quantitative estimate of drug-likeness (QED) is 0.564. The van der Waals surface area contributed by atoms with Crippen molar-refractivity contribution in [2.75, 3.05) is 30.5 Å². The number of nitrogens with one attached hydrogen (secondary N) is 1. The molecule has 1 saturated heterocycles. The van der Waals surface area contributed by atoms with Gasteiger partial charge in [-0.1, -0.05) is 0 Å². The molecule has 3 N–H and O–H groups in total. The van der Waals surface area contributed by atoms with Gasteiger partial charge in [0.2, 0.25) is 11.9 Å². The molecule has 0 amide bonds. The van der Waals surface area contributed by atoms with Crippen molar-refractivity contribution >= 4 is 11.9 Å². The van der Waals surface area contributed by atoms with Crippen LogP contribution in [0.1, 0.15) is 13.8 Å². The molecule has 1 aliphatic rings. The molecule has 8 nitrogen and oxygen atoms in total. The molecule has 1 aliphatic heterocycles. The number of hydrazine groups is 1. The lowest BCUT2D eigenvalue weighted by atomic mass is 10.2. The van der Waals surface area contributed by atoms with Crippen LogP contribution in [0.25, 0.3) is 0 Å². The number of aromatic nitrogens is 3. The molecule has 0 bridgehead atoms. The van der Waals surface area contributed by atoms with Gasteiger partial charge >= 0.3 is 6.01 Å². The summed E-state index contributed by atoms with van der Waals surface area (Å²) in [6.07, 6.45) is 0.261. The molecule has 0 radical (unpaired) electrons. The summed E-state index contributed by atoms with van der Waals surface area (Å²) in [6, 6.07) is 0.236. The van der Waals surface area contributed by atoms with Crippen molar-refractivity contribution in [3.05, 3.63) is 0 Å². The van der Waals surface area contributed by atoms with Crippen LogP contribution in [0.3, 0.4) is 0 Å². The average Bonchev–Trinajstić information content (AvgIpc) is 2.37. The minimum atomic E-state index is 0.130. The van der Waals surface area contributed by atoms with Crippen LogP contribution >= 0.6 is 0 Å². The Kier molecular flexibility index (Phi) is 3.78. The highest BCUT2D eigenvalue weighted by atomic mass is 16.5. The third kappa shape index (κ3) is 2.77. The van der Waals surface area contributed by atoms with E-state index in [1.165, 1.54) is 7.11 Å². The van der Waals surface area contributed by atoms with Gasteiger partial charge in [0.1, 0.15) is 0 Å². The summed E-state index contributed by atoms with van der Waals surface area (Å²) in [4.78, 5) is 14.4. The maximum absolute atomic E-state index is 5.67. The lowest BCUT2D eigenvalue weighted by Crippen LogP contribution is -2.46. The summed E-state index contributed by atoms with van der Waals surface area (Å²) in [5.74, 6) is 6.14. The van der Waals surface area contributed by atoms with E-state index in [4.69, 9.17) is 15.3 Å². The summed E-state index contributed by atoms with van der Waals surface area (Å²) >= 11 is 0. The number of hydrogen-bond acceptors (Lipinski definition) is 8. The molecule has 1 aromatic heterocycles. The standard InChI is InChI=1S/C10H18N6O2/c1-6-4-16(5-7(2)18-6)9-12-8(15-11)13-10(14-9)17-3/h6-7H,4-5,11H2,1-3H3,(H,12,13,14,15)/t6-,7+. The number of anilines is 2. The fourth-order valence-electron chi connectivity index (χ4n) is 1.98. The van der Waals surface area contributed by atoms with Gasteiger partial charge in [-0.3, -0.25) is 5.43 Å². The van der Waals surface area contributed by atoms with Gasteiger partial charge in [0.05, 0.1) is 19.3 Å². The second-order valence-electron chi connectivity index (χ2n) is 4.25. The van der Waals surface area contributed by atoms with Crippen LogP contribution in [0, 0.1) is 0 Å². The largest absolute Gasteiger partial charge is 0.467 e. The zero-order chi connectivity index (χ0) is 13.1. The van der Waals surface area contributed by atoms with Crippen LogP contribution in [-0.2, 0) is 4.74 Å². The summed E-state index contributed by atoms with van der Waals surface area (Å²) in [7, 11) is 1.50. The number of methoxy groups -OCH3 is 1. The lowest BCUT2D eigenvalue weighted by molar-refractivity contribution is -0.00576. The van der Waals surface area contributed by atoms with Gasteiger partial charge in [-0.05, 0) is 13.8 Å². The Morgan fingerprint density at radius 1 is 1.28 bits per heavy atom. The molecule has 2 heterocycles. The van der Waals surface area contributed by atoms with Gasteiger partial charge < -0.3 is 14.4 Å². The summed E-state index contributed by atoms with van der Waals surface area (Å²) in [5.41, 5.74) is 2.40. The van der Waals surface area contributed by atoms with Crippen LogP contribution < -0.4 is 20.9 Å². The fraction of sp³-hybridized carbons (Fsp3) is 0.700. The number of nitrogens with two attached hydrogens (primary N) is 1. The molecule has 0 saturated carbocycles. The van der Waals surface area contributed by atoms with Gasteiger partial charge in [-0.15, -0.1) is 0 Å². The molecule has 0 aliphatic carbocycles. The number of nitrogens with zero attached hydrogens (tertiary/aromatic N) is 4. The first-order valence-electron chi connectivity index (χ1n) is 5.79. The number of morpholine rings is 1. The van der Waals surface area contributed by atoms with Crippen molar-refractivity contribution in [1.82, 2.24) is 15.0 Å². The first kappa shape index (κ1) is 12.8. The van der Waals surface area contributed by atoms with Crippen molar-refractivity contribution in [2.24, 2.45) is 5.84 Å². The van der Waals surface area contributed by atoms with Crippen LogP contribution in [-0.4, -0.2) is 47.4 Å². The molecule has 0 unspecified atom stereocenters. The summed E-state index contributed by atoms with van der Waals surface area (Å²) in [5, 5.41) is 0. The molecule has 0 spiro atoms. The van der Waals surface area contributed by atoms with Crippen molar-refractivity contribution < 1.29 is 9.47 Å². The third-order valence-electron chi connectivity index (χ3n) is 2.62. The highest BCUT2D eigenvalue weighted by Gasteiger charge is 2.25. The normalized spacial score (nSPS) is 23.9. The van der Waals surface area contributed by atoms with Crippen LogP contribution in [0.4, 0.5) is 11.9 Å². The Hall–Kier alpha value is -1.67. The second kappa shape index (κ2) is 5.32. The lowest BCUT2D eigenvalue weighted by Gasteiger charge is -2.35. The SMILES string of the molecule is COc1nc(NN)nc(N2C[C@@H](C)O[C@@H](C)C2)n1. The van der Waals surface area contributed by atoms with Crippen LogP contribution in [0.5, 0.6) is 6.01 Å². The molecule has 1 fully saturated rings. The predicted molar refractivity (Wildman–Crippen MR) is 66.4 cm³/mol. The topological polar surface area (TPSA) is 98.4 Å². The number of rotatable bonds is 3. The summed E-state index contributed by atoms with van der Waals surface area (Å²) < 4.78 is 10.7. The van der Waals surface area contributed by atoms with E-state index in [0.29, 0.717) is 5.95 Å². The van der Waals surface area contributed by atoms with Crippen LogP contribution in [0.2, 0.25) is 0 Å². The molecular formula is C10H18N6O2. The van der Waals surface area contributed by atoms with Gasteiger partial charge in [0, 0.05) is 13.1 Å². The molecule has 8 heteroatoms. The Bertz CT molecular complexity index is 383. The van der Waals surface area contributed by atoms with Gasteiger partial charge in [-0.2, -0.15) is 15.0 Å². The van der Waals surface area contributed by atoms with E-state index in [9.17, 15) is 0 Å². The Morgan fingerprint density at radius 3 is 2.50 bits per heavy atom. The zero-order valence-corrected chi connectivity index (χ0v) is 10.8. The third-order valence-corrected chi connectivity index (χ3v) is 2.62. The van der Waals surface area contributed by atoms with Crippen molar-refractivity contribution in [1.29, 1.82) is 0 Å².